The summed E-state index contributed by atoms with van der Waals surface area (Å²) in [7, 11) is 0. The van der Waals surface area contributed by atoms with E-state index in [4.69, 9.17) is 4.42 Å². The average Bonchev–Trinajstić information content (AvgIpc) is 2.76. The number of furan rings is 1. The molecule has 0 bridgehead atoms. The SMILES string of the molecule is Cc1ccc(/C=N\NC(=O)C[n+]2ccccc2)o1. The van der Waals surface area contributed by atoms with Crippen LogP contribution in [0.1, 0.15) is 11.5 Å². The molecule has 0 saturated carbocycles. The highest BCUT2D eigenvalue weighted by Gasteiger charge is 2.06. The van der Waals surface area contributed by atoms with Crippen LogP contribution in [0, 0.1) is 6.92 Å². The molecule has 2 aromatic heterocycles. The van der Waals surface area contributed by atoms with Gasteiger partial charge in [-0.2, -0.15) is 9.67 Å². The summed E-state index contributed by atoms with van der Waals surface area (Å²) >= 11 is 0. The number of amides is 1. The van der Waals surface area contributed by atoms with Gasteiger partial charge in [-0.25, -0.2) is 5.43 Å². The summed E-state index contributed by atoms with van der Waals surface area (Å²) in [6, 6.07) is 9.25. The van der Waals surface area contributed by atoms with Gasteiger partial charge in [0.2, 0.25) is 6.54 Å². The van der Waals surface area contributed by atoms with Crippen LogP contribution < -0.4 is 9.99 Å². The molecule has 92 valence electrons. The third-order valence-corrected chi connectivity index (χ3v) is 2.25. The Kier molecular flexibility index (Phi) is 3.86. The summed E-state index contributed by atoms with van der Waals surface area (Å²) in [4.78, 5) is 11.5. The van der Waals surface area contributed by atoms with Crippen LogP contribution in [0.25, 0.3) is 0 Å². The van der Waals surface area contributed by atoms with E-state index in [2.05, 4.69) is 10.5 Å². The molecule has 2 aromatic rings. The molecule has 0 radical (unpaired) electrons. The Bertz CT molecular complexity index is 546. The van der Waals surface area contributed by atoms with Crippen molar-refractivity contribution in [3.8, 4) is 0 Å². The van der Waals surface area contributed by atoms with Gasteiger partial charge in [0.25, 0.3) is 0 Å². The van der Waals surface area contributed by atoms with Crippen molar-refractivity contribution in [3.05, 3.63) is 54.2 Å². The molecule has 0 spiro atoms. The lowest BCUT2D eigenvalue weighted by molar-refractivity contribution is -0.684. The molecule has 2 rings (SSSR count). The molecule has 1 N–H and O–H groups in total. The zero-order valence-corrected chi connectivity index (χ0v) is 10.0. The number of nitrogens with one attached hydrogen (secondary N) is 1. The molecule has 5 heteroatoms. The fourth-order valence-corrected chi connectivity index (χ4v) is 1.43. The highest BCUT2D eigenvalue weighted by Crippen LogP contribution is 2.02. The minimum Gasteiger partial charge on any atom is -0.460 e. The fraction of sp³-hybridized carbons (Fsp3) is 0.154. The van der Waals surface area contributed by atoms with Crippen LogP contribution in [0.15, 0.2) is 52.2 Å². The maximum absolute atomic E-state index is 11.5. The van der Waals surface area contributed by atoms with Crippen LogP contribution in [0.3, 0.4) is 0 Å². The smallest absolute Gasteiger partial charge is 0.305 e. The number of nitrogens with zero attached hydrogens (tertiary/aromatic N) is 2. The summed E-state index contributed by atoms with van der Waals surface area (Å²) < 4.78 is 7.04. The minimum absolute atomic E-state index is 0.189. The van der Waals surface area contributed by atoms with Crippen LogP contribution in [-0.4, -0.2) is 12.1 Å². The van der Waals surface area contributed by atoms with Gasteiger partial charge in [-0.1, -0.05) is 6.07 Å². The van der Waals surface area contributed by atoms with E-state index in [9.17, 15) is 4.79 Å². The summed E-state index contributed by atoms with van der Waals surface area (Å²) in [6.07, 6.45) is 5.11. The second-order valence-corrected chi connectivity index (χ2v) is 3.79. The number of pyridine rings is 1. The number of aromatic nitrogens is 1. The van der Waals surface area contributed by atoms with E-state index in [1.165, 1.54) is 6.21 Å². The molecule has 1 amide bonds. The Morgan fingerprint density at radius 3 is 2.83 bits per heavy atom. The number of rotatable bonds is 4. The van der Waals surface area contributed by atoms with Gasteiger partial charge in [0.05, 0.1) is 6.21 Å². The fourth-order valence-electron chi connectivity index (χ4n) is 1.43. The molecule has 0 aliphatic carbocycles. The van der Waals surface area contributed by atoms with Crippen molar-refractivity contribution < 1.29 is 13.8 Å². The molecule has 0 aliphatic heterocycles. The van der Waals surface area contributed by atoms with Gasteiger partial charge in [0, 0.05) is 12.1 Å². The van der Waals surface area contributed by atoms with Crippen molar-refractivity contribution in [2.24, 2.45) is 5.10 Å². The van der Waals surface area contributed by atoms with Crippen LogP contribution in [0.2, 0.25) is 0 Å². The first-order valence-electron chi connectivity index (χ1n) is 5.56. The first-order chi connectivity index (χ1) is 8.74. The van der Waals surface area contributed by atoms with E-state index in [1.807, 2.05) is 43.6 Å². The lowest BCUT2D eigenvalue weighted by atomic mass is 10.4. The van der Waals surface area contributed by atoms with Gasteiger partial charge in [-0.05, 0) is 19.1 Å². The molecule has 0 saturated heterocycles. The Balaban J connectivity index is 1.83. The van der Waals surface area contributed by atoms with Crippen molar-refractivity contribution in [2.45, 2.75) is 13.5 Å². The van der Waals surface area contributed by atoms with Gasteiger partial charge < -0.3 is 4.42 Å². The third kappa shape index (κ3) is 3.55. The second kappa shape index (κ2) is 5.77. The molecule has 0 atom stereocenters. The largest absolute Gasteiger partial charge is 0.460 e. The summed E-state index contributed by atoms with van der Waals surface area (Å²) in [5, 5.41) is 3.82. The van der Waals surface area contributed by atoms with Gasteiger partial charge in [-0.15, -0.1) is 0 Å². The molecule has 0 unspecified atom stereocenters. The molecule has 18 heavy (non-hydrogen) atoms. The molecular weight excluding hydrogens is 230 g/mol. The van der Waals surface area contributed by atoms with E-state index < -0.39 is 0 Å². The van der Waals surface area contributed by atoms with Crippen LogP contribution >= 0.6 is 0 Å². The van der Waals surface area contributed by atoms with Crippen molar-refractivity contribution in [3.63, 3.8) is 0 Å². The van der Waals surface area contributed by atoms with Crippen molar-refractivity contribution in [1.82, 2.24) is 5.43 Å². The maximum Gasteiger partial charge on any atom is 0.305 e. The summed E-state index contributed by atoms with van der Waals surface area (Å²) in [5.74, 6) is 1.23. The van der Waals surface area contributed by atoms with Crippen molar-refractivity contribution in [1.29, 1.82) is 0 Å². The Morgan fingerprint density at radius 2 is 2.17 bits per heavy atom. The molecule has 0 aliphatic rings. The number of hydrogen-bond acceptors (Lipinski definition) is 3. The highest BCUT2D eigenvalue weighted by molar-refractivity contribution is 5.79. The van der Waals surface area contributed by atoms with E-state index in [1.54, 1.807) is 10.6 Å². The van der Waals surface area contributed by atoms with Gasteiger partial charge in [0.15, 0.2) is 12.4 Å². The molecule has 0 aromatic carbocycles. The number of hydrogen-bond donors (Lipinski definition) is 1. The Morgan fingerprint density at radius 1 is 1.39 bits per heavy atom. The van der Waals surface area contributed by atoms with E-state index in [0.29, 0.717) is 5.76 Å². The van der Waals surface area contributed by atoms with Crippen LogP contribution in [-0.2, 0) is 11.3 Å². The quantitative estimate of drug-likeness (QED) is 0.496. The first kappa shape index (κ1) is 12.0. The Hall–Kier alpha value is -2.43. The van der Waals surface area contributed by atoms with Crippen LogP contribution in [0.5, 0.6) is 0 Å². The molecule has 5 nitrogen and oxygen atoms in total. The van der Waals surface area contributed by atoms with Crippen LogP contribution in [0.4, 0.5) is 0 Å². The van der Waals surface area contributed by atoms with E-state index in [-0.39, 0.29) is 12.5 Å². The monoisotopic (exact) mass is 244 g/mol. The van der Waals surface area contributed by atoms with E-state index in [0.717, 1.165) is 5.76 Å². The minimum atomic E-state index is -0.189. The second-order valence-electron chi connectivity index (χ2n) is 3.79. The number of carbonyl (C=O) groups is 1. The van der Waals surface area contributed by atoms with E-state index >= 15 is 0 Å². The van der Waals surface area contributed by atoms with Crippen molar-refractivity contribution >= 4 is 12.1 Å². The molecule has 0 fully saturated rings. The number of carbonyl (C=O) groups excluding carboxylic acids is 1. The first-order valence-corrected chi connectivity index (χ1v) is 5.56. The predicted molar refractivity (Wildman–Crippen MR) is 65.8 cm³/mol. The standard InChI is InChI=1S/C13H13N3O2/c1-11-5-6-12(18-11)9-14-15-13(17)10-16-7-3-2-4-8-16/h2-9H,10H2,1H3/p+1/b14-9-. The number of aryl methyl sites for hydroxylation is 1. The van der Waals surface area contributed by atoms with Gasteiger partial charge >= 0.3 is 5.91 Å². The highest BCUT2D eigenvalue weighted by atomic mass is 16.3. The lowest BCUT2D eigenvalue weighted by Gasteiger charge is -1.95. The topological polar surface area (TPSA) is 58.5 Å². The molecule has 2 heterocycles. The Labute approximate surface area is 105 Å². The number of hydrazone groups is 1. The molecular formula is C13H14N3O2+. The van der Waals surface area contributed by atoms with Gasteiger partial charge in [0.1, 0.15) is 11.5 Å². The predicted octanol–water partition coefficient (Wildman–Crippen LogP) is 1.03. The summed E-state index contributed by atoms with van der Waals surface area (Å²) in [5.41, 5.74) is 2.44. The zero-order chi connectivity index (χ0) is 12.8. The maximum atomic E-state index is 11.5. The zero-order valence-electron chi connectivity index (χ0n) is 10.0. The van der Waals surface area contributed by atoms with Crippen molar-refractivity contribution in [2.75, 3.05) is 0 Å². The third-order valence-electron chi connectivity index (χ3n) is 2.25. The summed E-state index contributed by atoms with van der Waals surface area (Å²) in [6.45, 7) is 2.08. The lowest BCUT2D eigenvalue weighted by Crippen LogP contribution is -2.40. The average molecular weight is 244 g/mol. The van der Waals surface area contributed by atoms with Gasteiger partial charge in [-0.3, -0.25) is 4.79 Å². The normalized spacial score (nSPS) is 10.7.